The first kappa shape index (κ1) is 20.1. The van der Waals surface area contributed by atoms with Crippen molar-refractivity contribution in [3.05, 3.63) is 47.5 Å². The van der Waals surface area contributed by atoms with Crippen LogP contribution in [0.15, 0.2) is 42.5 Å². The molecule has 0 aromatic heterocycles. The van der Waals surface area contributed by atoms with Gasteiger partial charge in [0.15, 0.2) is 11.5 Å². The molecule has 26 heavy (non-hydrogen) atoms. The fourth-order valence-corrected chi connectivity index (χ4v) is 2.51. The van der Waals surface area contributed by atoms with Gasteiger partial charge in [-0.15, -0.1) is 0 Å². The monoisotopic (exact) mass is 393 g/mol. The van der Waals surface area contributed by atoms with Crippen molar-refractivity contribution in [2.75, 3.05) is 18.1 Å². The maximum atomic E-state index is 12.6. The predicted molar refractivity (Wildman–Crippen MR) is 89.9 cm³/mol. The standard InChI is InChI=1S/C17H16ClF4NO3/c18-11-3-1-4-12(9-11)23(7-2-8-24)13-5-6-14(25-16(19)20)15(10-13)26-17(21)22/h1,3-6,9-10,16-17,24H,2,7-8H2. The van der Waals surface area contributed by atoms with Crippen LogP contribution in [0.2, 0.25) is 5.02 Å². The molecule has 0 aliphatic heterocycles. The smallest absolute Gasteiger partial charge is 0.387 e. The summed E-state index contributed by atoms with van der Waals surface area (Å²) in [5.74, 6) is -1.02. The Morgan fingerprint density at radius 2 is 1.58 bits per heavy atom. The van der Waals surface area contributed by atoms with Gasteiger partial charge in [0.1, 0.15) is 0 Å². The molecule has 0 bridgehead atoms. The topological polar surface area (TPSA) is 41.9 Å². The van der Waals surface area contributed by atoms with Crippen molar-refractivity contribution in [2.45, 2.75) is 19.6 Å². The van der Waals surface area contributed by atoms with E-state index in [4.69, 9.17) is 16.7 Å². The van der Waals surface area contributed by atoms with E-state index in [0.29, 0.717) is 29.4 Å². The molecule has 0 spiro atoms. The summed E-state index contributed by atoms with van der Waals surface area (Å²) in [7, 11) is 0. The summed E-state index contributed by atoms with van der Waals surface area (Å²) in [6.45, 7) is -6.15. The van der Waals surface area contributed by atoms with Gasteiger partial charge in [-0.05, 0) is 36.8 Å². The van der Waals surface area contributed by atoms with Crippen molar-refractivity contribution in [3.8, 4) is 11.5 Å². The van der Waals surface area contributed by atoms with Gasteiger partial charge in [-0.2, -0.15) is 17.6 Å². The molecule has 0 unspecified atom stereocenters. The van der Waals surface area contributed by atoms with Crippen molar-refractivity contribution in [3.63, 3.8) is 0 Å². The van der Waals surface area contributed by atoms with Gasteiger partial charge in [0.2, 0.25) is 0 Å². The van der Waals surface area contributed by atoms with Crippen LogP contribution < -0.4 is 14.4 Å². The molecule has 2 aromatic carbocycles. The Balaban J connectivity index is 2.43. The molecule has 0 aliphatic rings. The summed E-state index contributed by atoms with van der Waals surface area (Å²) < 4.78 is 58.7. The van der Waals surface area contributed by atoms with Crippen LogP contribution in [0.25, 0.3) is 0 Å². The summed E-state index contributed by atoms with van der Waals surface area (Å²) in [5, 5.41) is 9.56. The normalized spacial score (nSPS) is 11.1. The number of aliphatic hydroxyl groups excluding tert-OH is 1. The van der Waals surface area contributed by atoms with Crippen molar-refractivity contribution in [1.82, 2.24) is 0 Å². The summed E-state index contributed by atoms with van der Waals surface area (Å²) in [6, 6.07) is 10.5. The molecule has 1 N–H and O–H groups in total. The zero-order valence-electron chi connectivity index (χ0n) is 13.4. The average molecular weight is 394 g/mol. The maximum Gasteiger partial charge on any atom is 0.387 e. The molecule has 2 aromatic rings. The fraction of sp³-hybridized carbons (Fsp3) is 0.294. The van der Waals surface area contributed by atoms with Crippen LogP contribution in [-0.4, -0.2) is 31.5 Å². The van der Waals surface area contributed by atoms with Gasteiger partial charge in [-0.3, -0.25) is 0 Å². The number of ether oxygens (including phenoxy) is 2. The molecule has 0 amide bonds. The lowest BCUT2D eigenvalue weighted by molar-refractivity contribution is -0.0692. The molecule has 0 saturated heterocycles. The van der Waals surface area contributed by atoms with Crippen LogP contribution in [0.3, 0.4) is 0 Å². The van der Waals surface area contributed by atoms with Crippen LogP contribution >= 0.6 is 11.6 Å². The largest absolute Gasteiger partial charge is 0.431 e. The molecule has 0 atom stereocenters. The molecule has 0 heterocycles. The first-order valence-electron chi connectivity index (χ1n) is 7.58. The number of hydrogen-bond acceptors (Lipinski definition) is 4. The molecule has 2 rings (SSSR count). The Morgan fingerprint density at radius 3 is 2.19 bits per heavy atom. The van der Waals surface area contributed by atoms with E-state index >= 15 is 0 Å². The lowest BCUT2D eigenvalue weighted by Crippen LogP contribution is -2.19. The van der Waals surface area contributed by atoms with Crippen LogP contribution in [0.5, 0.6) is 11.5 Å². The quantitative estimate of drug-likeness (QED) is 0.604. The lowest BCUT2D eigenvalue weighted by atomic mass is 10.2. The van der Waals surface area contributed by atoms with Gasteiger partial charge in [0, 0.05) is 35.6 Å². The number of anilines is 2. The summed E-state index contributed by atoms with van der Waals surface area (Å²) in [6.07, 6.45) is 0.382. The van der Waals surface area contributed by atoms with Crippen molar-refractivity contribution in [2.24, 2.45) is 0 Å². The molecular formula is C17H16ClF4NO3. The third-order valence-corrected chi connectivity index (χ3v) is 3.57. The average Bonchev–Trinajstić information content (AvgIpc) is 2.56. The highest BCUT2D eigenvalue weighted by Crippen LogP contribution is 2.37. The minimum atomic E-state index is -3.21. The van der Waals surface area contributed by atoms with Crippen molar-refractivity contribution < 1.29 is 32.1 Å². The second-order valence-electron chi connectivity index (χ2n) is 5.10. The third-order valence-electron chi connectivity index (χ3n) is 3.33. The van der Waals surface area contributed by atoms with E-state index in [2.05, 4.69) is 9.47 Å². The Bertz CT molecular complexity index is 718. The van der Waals surface area contributed by atoms with E-state index in [1.165, 1.54) is 12.1 Å². The van der Waals surface area contributed by atoms with E-state index in [1.807, 2.05) is 0 Å². The zero-order chi connectivity index (χ0) is 19.1. The minimum absolute atomic E-state index is 0.0932. The molecular weight excluding hydrogens is 378 g/mol. The zero-order valence-corrected chi connectivity index (χ0v) is 14.2. The van der Waals surface area contributed by atoms with E-state index in [0.717, 1.165) is 6.07 Å². The molecule has 0 fully saturated rings. The summed E-state index contributed by atoms with van der Waals surface area (Å²) in [4.78, 5) is 1.69. The first-order valence-corrected chi connectivity index (χ1v) is 7.96. The Labute approximate surface area is 152 Å². The molecule has 0 saturated carbocycles. The Hall–Kier alpha value is -2.19. The maximum absolute atomic E-state index is 12.6. The molecule has 0 radical (unpaired) electrons. The highest BCUT2D eigenvalue weighted by molar-refractivity contribution is 6.30. The van der Waals surface area contributed by atoms with E-state index in [-0.39, 0.29) is 6.61 Å². The van der Waals surface area contributed by atoms with E-state index in [9.17, 15) is 17.6 Å². The van der Waals surface area contributed by atoms with E-state index in [1.54, 1.807) is 29.2 Å². The van der Waals surface area contributed by atoms with Gasteiger partial charge in [0.05, 0.1) is 0 Å². The highest BCUT2D eigenvalue weighted by Gasteiger charge is 2.18. The SMILES string of the molecule is OCCCN(c1cccc(Cl)c1)c1ccc(OC(F)F)c(OC(F)F)c1. The highest BCUT2D eigenvalue weighted by atomic mass is 35.5. The summed E-state index contributed by atoms with van der Waals surface area (Å²) in [5.41, 5.74) is 1.02. The Kier molecular flexibility index (Phi) is 7.35. The predicted octanol–water partition coefficient (Wildman–Crippen LogP) is 5.06. The van der Waals surface area contributed by atoms with Crippen molar-refractivity contribution >= 4 is 23.0 Å². The Morgan fingerprint density at radius 1 is 0.923 bits per heavy atom. The minimum Gasteiger partial charge on any atom is -0.431 e. The molecule has 9 heteroatoms. The molecule has 4 nitrogen and oxygen atoms in total. The van der Waals surface area contributed by atoms with Crippen LogP contribution in [0, 0.1) is 0 Å². The van der Waals surface area contributed by atoms with E-state index < -0.39 is 24.7 Å². The first-order chi connectivity index (χ1) is 12.4. The molecule has 0 aliphatic carbocycles. The third kappa shape index (κ3) is 5.67. The van der Waals surface area contributed by atoms with Crippen LogP contribution in [0.1, 0.15) is 6.42 Å². The van der Waals surface area contributed by atoms with Gasteiger partial charge in [0.25, 0.3) is 0 Å². The van der Waals surface area contributed by atoms with Gasteiger partial charge >= 0.3 is 13.2 Å². The van der Waals surface area contributed by atoms with Crippen molar-refractivity contribution in [1.29, 1.82) is 0 Å². The number of halogens is 5. The van der Waals surface area contributed by atoms with Gasteiger partial charge < -0.3 is 19.5 Å². The number of rotatable bonds is 9. The summed E-state index contributed by atoms with van der Waals surface area (Å²) >= 11 is 5.99. The fourth-order valence-electron chi connectivity index (χ4n) is 2.33. The number of alkyl halides is 4. The second kappa shape index (κ2) is 9.49. The number of nitrogens with zero attached hydrogens (tertiary/aromatic N) is 1. The van der Waals surface area contributed by atoms with Gasteiger partial charge in [-0.1, -0.05) is 17.7 Å². The van der Waals surface area contributed by atoms with Crippen LogP contribution in [0.4, 0.5) is 28.9 Å². The number of benzene rings is 2. The number of aliphatic hydroxyl groups is 1. The lowest BCUT2D eigenvalue weighted by Gasteiger charge is -2.26. The number of hydrogen-bond donors (Lipinski definition) is 1. The van der Waals surface area contributed by atoms with Crippen LogP contribution in [-0.2, 0) is 0 Å². The van der Waals surface area contributed by atoms with Gasteiger partial charge in [-0.25, -0.2) is 0 Å². The molecule has 142 valence electrons. The second-order valence-corrected chi connectivity index (χ2v) is 5.53.